The number of anilines is 1. The van der Waals surface area contributed by atoms with Gasteiger partial charge in [0.05, 0.1) is 24.9 Å². The summed E-state index contributed by atoms with van der Waals surface area (Å²) in [6.07, 6.45) is -0.142. The minimum Gasteiger partial charge on any atom is -0.371 e. The second kappa shape index (κ2) is 7.38. The Hall–Kier alpha value is -1.83. The van der Waals surface area contributed by atoms with Crippen LogP contribution in [-0.2, 0) is 9.53 Å². The molecule has 0 saturated carbocycles. The monoisotopic (exact) mass is 349 g/mol. The predicted molar refractivity (Wildman–Crippen MR) is 91.8 cm³/mol. The fourth-order valence-corrected chi connectivity index (χ4v) is 3.44. The third-order valence-electron chi connectivity index (χ3n) is 4.03. The first kappa shape index (κ1) is 17.0. The van der Waals surface area contributed by atoms with Crippen molar-refractivity contribution in [3.05, 3.63) is 46.2 Å². The molecule has 24 heavy (non-hydrogen) atoms. The van der Waals surface area contributed by atoms with Crippen LogP contribution in [0.3, 0.4) is 0 Å². The van der Waals surface area contributed by atoms with Crippen molar-refractivity contribution in [1.29, 1.82) is 0 Å². The van der Waals surface area contributed by atoms with Crippen molar-refractivity contribution < 1.29 is 13.9 Å². The van der Waals surface area contributed by atoms with E-state index in [0.717, 1.165) is 16.1 Å². The average Bonchev–Trinajstić information content (AvgIpc) is 2.86. The van der Waals surface area contributed by atoms with Crippen LogP contribution < -0.4 is 5.32 Å². The van der Waals surface area contributed by atoms with E-state index in [4.69, 9.17) is 4.74 Å². The molecule has 2 heterocycles. The molecule has 3 rings (SSSR count). The number of carbonyl (C=O) groups is 1. The summed E-state index contributed by atoms with van der Waals surface area (Å²) in [5.74, 6) is -0.344. The molecule has 1 aliphatic heterocycles. The third kappa shape index (κ3) is 4.17. The van der Waals surface area contributed by atoms with Crippen molar-refractivity contribution in [3.63, 3.8) is 0 Å². The number of hydrogen-bond donors (Lipinski definition) is 1. The van der Waals surface area contributed by atoms with Crippen molar-refractivity contribution in [2.24, 2.45) is 0 Å². The van der Waals surface area contributed by atoms with Gasteiger partial charge in [-0.05, 0) is 31.5 Å². The molecular formula is C17H20FN3O2S. The van der Waals surface area contributed by atoms with Gasteiger partial charge < -0.3 is 10.1 Å². The highest BCUT2D eigenvalue weighted by molar-refractivity contribution is 7.15. The number of hydrogen-bond acceptors (Lipinski definition) is 5. The van der Waals surface area contributed by atoms with Gasteiger partial charge in [0.1, 0.15) is 5.82 Å². The Labute approximate surface area is 144 Å². The quantitative estimate of drug-likeness (QED) is 0.922. The van der Waals surface area contributed by atoms with Gasteiger partial charge in [-0.25, -0.2) is 9.37 Å². The topological polar surface area (TPSA) is 54.5 Å². The molecule has 1 N–H and O–H groups in total. The van der Waals surface area contributed by atoms with Crippen molar-refractivity contribution in [2.45, 2.75) is 20.0 Å². The molecule has 2 aromatic rings. The Balaban J connectivity index is 1.56. The van der Waals surface area contributed by atoms with Gasteiger partial charge in [-0.1, -0.05) is 12.1 Å². The van der Waals surface area contributed by atoms with Crippen LogP contribution in [0.1, 0.15) is 22.2 Å². The number of carbonyl (C=O) groups excluding carboxylic acids is 1. The van der Waals surface area contributed by atoms with Gasteiger partial charge >= 0.3 is 0 Å². The SMILES string of the molecule is Cc1nc(NC(=O)CN2CCOC(c3ccc(F)cc3)C2)sc1C. The number of rotatable bonds is 4. The normalized spacial score (nSPS) is 18.5. The lowest BCUT2D eigenvalue weighted by atomic mass is 10.1. The number of nitrogens with zero attached hydrogens (tertiary/aromatic N) is 2. The second-order valence-electron chi connectivity index (χ2n) is 5.85. The van der Waals surface area contributed by atoms with Gasteiger partial charge in [-0.15, -0.1) is 11.3 Å². The zero-order valence-corrected chi connectivity index (χ0v) is 14.5. The highest BCUT2D eigenvalue weighted by atomic mass is 32.1. The average molecular weight is 349 g/mol. The summed E-state index contributed by atoms with van der Waals surface area (Å²) >= 11 is 1.48. The predicted octanol–water partition coefficient (Wildman–Crippen LogP) is 2.91. The highest BCUT2D eigenvalue weighted by Crippen LogP contribution is 2.23. The van der Waals surface area contributed by atoms with Crippen molar-refractivity contribution in [3.8, 4) is 0 Å². The van der Waals surface area contributed by atoms with E-state index in [2.05, 4.69) is 10.3 Å². The summed E-state index contributed by atoms with van der Waals surface area (Å²) in [4.78, 5) is 19.7. The molecule has 1 aliphatic rings. The van der Waals surface area contributed by atoms with Crippen molar-refractivity contribution >= 4 is 22.4 Å². The van der Waals surface area contributed by atoms with Crippen LogP contribution in [0, 0.1) is 19.7 Å². The van der Waals surface area contributed by atoms with E-state index in [1.165, 1.54) is 23.5 Å². The van der Waals surface area contributed by atoms with Gasteiger partial charge in [0.15, 0.2) is 5.13 Å². The number of aryl methyl sites for hydroxylation is 2. The Kier molecular flexibility index (Phi) is 5.23. The fraction of sp³-hybridized carbons (Fsp3) is 0.412. The number of halogens is 1. The van der Waals surface area contributed by atoms with Crippen LogP contribution >= 0.6 is 11.3 Å². The Morgan fingerprint density at radius 2 is 2.17 bits per heavy atom. The second-order valence-corrected chi connectivity index (χ2v) is 7.06. The Bertz CT molecular complexity index is 698. The molecule has 1 atom stereocenters. The maximum absolute atomic E-state index is 13.0. The van der Waals surface area contributed by atoms with Gasteiger partial charge in [0.2, 0.25) is 5.91 Å². The van der Waals surface area contributed by atoms with E-state index < -0.39 is 0 Å². The first-order chi connectivity index (χ1) is 11.5. The maximum atomic E-state index is 13.0. The first-order valence-corrected chi connectivity index (χ1v) is 8.66. The van der Waals surface area contributed by atoms with Crippen LogP contribution in [0.4, 0.5) is 9.52 Å². The van der Waals surface area contributed by atoms with Crippen LogP contribution in [-0.4, -0.2) is 42.0 Å². The zero-order valence-electron chi connectivity index (χ0n) is 13.7. The lowest BCUT2D eigenvalue weighted by Crippen LogP contribution is -2.42. The molecule has 1 amide bonds. The van der Waals surface area contributed by atoms with Crippen molar-refractivity contribution in [2.75, 3.05) is 31.6 Å². The van der Waals surface area contributed by atoms with Crippen LogP contribution in [0.15, 0.2) is 24.3 Å². The van der Waals surface area contributed by atoms with Crippen LogP contribution in [0.2, 0.25) is 0 Å². The van der Waals surface area contributed by atoms with E-state index in [1.54, 1.807) is 12.1 Å². The van der Waals surface area contributed by atoms with Gasteiger partial charge in [0, 0.05) is 18.0 Å². The number of amides is 1. The number of benzene rings is 1. The first-order valence-electron chi connectivity index (χ1n) is 7.84. The lowest BCUT2D eigenvalue weighted by Gasteiger charge is -2.32. The van der Waals surface area contributed by atoms with Gasteiger partial charge in [-0.2, -0.15) is 0 Å². The molecule has 128 valence electrons. The Morgan fingerprint density at radius 3 is 2.83 bits per heavy atom. The molecule has 1 fully saturated rings. The van der Waals surface area contributed by atoms with Gasteiger partial charge in [0.25, 0.3) is 0 Å². The molecule has 0 aliphatic carbocycles. The number of ether oxygens (including phenoxy) is 1. The molecule has 0 spiro atoms. The molecule has 0 radical (unpaired) electrons. The fourth-order valence-electron chi connectivity index (χ4n) is 2.61. The minimum absolute atomic E-state index is 0.0801. The molecule has 1 aromatic carbocycles. The number of thiazole rings is 1. The van der Waals surface area contributed by atoms with E-state index in [9.17, 15) is 9.18 Å². The largest absolute Gasteiger partial charge is 0.371 e. The molecule has 0 bridgehead atoms. The minimum atomic E-state index is -0.264. The van der Waals surface area contributed by atoms with Crippen LogP contribution in [0.25, 0.3) is 0 Å². The summed E-state index contributed by atoms with van der Waals surface area (Å²) in [6.45, 7) is 6.05. The summed E-state index contributed by atoms with van der Waals surface area (Å²) in [7, 11) is 0. The molecule has 1 aromatic heterocycles. The molecule has 1 saturated heterocycles. The number of aromatic nitrogens is 1. The van der Waals surface area contributed by atoms with Crippen LogP contribution in [0.5, 0.6) is 0 Å². The molecule has 7 heteroatoms. The third-order valence-corrected chi connectivity index (χ3v) is 5.02. The number of morpholine rings is 1. The summed E-state index contributed by atoms with van der Waals surface area (Å²) in [5, 5.41) is 3.49. The maximum Gasteiger partial charge on any atom is 0.240 e. The van der Waals surface area contributed by atoms with E-state index in [-0.39, 0.29) is 17.8 Å². The summed E-state index contributed by atoms with van der Waals surface area (Å²) in [6, 6.07) is 6.31. The molecule has 5 nitrogen and oxygen atoms in total. The smallest absolute Gasteiger partial charge is 0.240 e. The van der Waals surface area contributed by atoms with Crippen molar-refractivity contribution in [1.82, 2.24) is 9.88 Å². The lowest BCUT2D eigenvalue weighted by molar-refractivity contribution is -0.119. The summed E-state index contributed by atoms with van der Waals surface area (Å²) < 4.78 is 18.8. The number of nitrogens with one attached hydrogen (secondary N) is 1. The zero-order chi connectivity index (χ0) is 17.1. The van der Waals surface area contributed by atoms with E-state index in [1.807, 2.05) is 18.7 Å². The van der Waals surface area contributed by atoms with Gasteiger partial charge in [-0.3, -0.25) is 9.69 Å². The van der Waals surface area contributed by atoms with E-state index in [0.29, 0.717) is 31.4 Å². The summed E-state index contributed by atoms with van der Waals surface area (Å²) in [5.41, 5.74) is 1.87. The van der Waals surface area contributed by atoms with E-state index >= 15 is 0 Å². The highest BCUT2D eigenvalue weighted by Gasteiger charge is 2.23. The Morgan fingerprint density at radius 1 is 1.42 bits per heavy atom. The molecular weight excluding hydrogens is 329 g/mol. The standard InChI is InChI=1S/C17H20FN3O2S/c1-11-12(2)24-17(19-11)20-16(22)10-21-7-8-23-15(9-21)13-3-5-14(18)6-4-13/h3-6,15H,7-10H2,1-2H3,(H,19,20,22). The molecule has 1 unspecified atom stereocenters.